The number of hydrogen-bond donors (Lipinski definition) is 0. The minimum Gasteiger partial charge on any atom is -0.0654 e. The van der Waals surface area contributed by atoms with Crippen molar-refractivity contribution in [3.8, 4) is 0 Å². The second kappa shape index (κ2) is 23.9. The molecule has 1 unspecified atom stereocenters. The Balaban J connectivity index is 0.000000447. The molecule has 326 valence electrons. The minimum atomic E-state index is 0.134. The standard InChI is InChI=1S/C46H48.C8H10.2C4H10/c1-32-16-18-34(19-17-32)30-36(35-23-27-38(28-24-35)46(5,6)7)31-44-41-14-10-8-12-39(41)43(40-13-9-11-15-42(40)44)29-22-33-20-25-37(26-21-33)45(2,3)4;1-7-3-5-8(2)6-4-7;2*1-3-4-2/h8-29,36H,30-31H2,1-7H3;3-6H,1-2H3;2*3-4H2,1-2H3/b29-22-;;;. The summed E-state index contributed by atoms with van der Waals surface area (Å²) in [4.78, 5) is 0. The Labute approximate surface area is 378 Å². The molecule has 0 spiro atoms. The van der Waals surface area contributed by atoms with Gasteiger partial charge in [-0.2, -0.15) is 0 Å². The van der Waals surface area contributed by atoms with Gasteiger partial charge in [-0.15, -0.1) is 0 Å². The summed E-state index contributed by atoms with van der Waals surface area (Å²) in [6, 6.07) is 54.1. The minimum absolute atomic E-state index is 0.134. The summed E-state index contributed by atoms with van der Waals surface area (Å²) in [7, 11) is 0. The molecule has 0 aliphatic heterocycles. The fraction of sp³-hybridized carbons (Fsp3) is 0.355. The third-order valence-corrected chi connectivity index (χ3v) is 11.8. The molecule has 0 heterocycles. The van der Waals surface area contributed by atoms with Gasteiger partial charge >= 0.3 is 0 Å². The molecule has 0 bridgehead atoms. The molecule has 62 heavy (non-hydrogen) atoms. The van der Waals surface area contributed by atoms with E-state index in [9.17, 15) is 0 Å². The van der Waals surface area contributed by atoms with Crippen LogP contribution in [0.25, 0.3) is 33.7 Å². The second-order valence-corrected chi connectivity index (χ2v) is 19.3. The molecule has 0 aromatic heterocycles. The van der Waals surface area contributed by atoms with Crippen LogP contribution in [0, 0.1) is 20.8 Å². The molecule has 7 aromatic carbocycles. The number of benzene rings is 7. The topological polar surface area (TPSA) is 0 Å². The van der Waals surface area contributed by atoms with Crippen molar-refractivity contribution in [1.29, 1.82) is 0 Å². The lowest BCUT2D eigenvalue weighted by atomic mass is 9.80. The molecule has 0 saturated heterocycles. The summed E-state index contributed by atoms with van der Waals surface area (Å²) >= 11 is 0. The normalized spacial score (nSPS) is 11.9. The molecule has 7 rings (SSSR count). The van der Waals surface area contributed by atoms with Gasteiger partial charge in [0.05, 0.1) is 0 Å². The predicted octanol–water partition coefficient (Wildman–Crippen LogP) is 18.6. The number of fused-ring (bicyclic) bond motifs is 2. The highest BCUT2D eigenvalue weighted by Gasteiger charge is 2.21. The first kappa shape index (κ1) is 49.5. The van der Waals surface area contributed by atoms with Crippen molar-refractivity contribution in [1.82, 2.24) is 0 Å². The molecule has 0 amide bonds. The van der Waals surface area contributed by atoms with Gasteiger partial charge in [-0.3, -0.25) is 0 Å². The molecule has 0 radical (unpaired) electrons. The molecule has 0 aliphatic rings. The van der Waals surface area contributed by atoms with Crippen LogP contribution in [0.15, 0.2) is 146 Å². The zero-order valence-electron chi connectivity index (χ0n) is 40.8. The second-order valence-electron chi connectivity index (χ2n) is 19.3. The highest BCUT2D eigenvalue weighted by molar-refractivity contribution is 6.10. The van der Waals surface area contributed by atoms with E-state index in [2.05, 4.69) is 248 Å². The van der Waals surface area contributed by atoms with Gasteiger partial charge in [-0.1, -0.05) is 269 Å². The summed E-state index contributed by atoms with van der Waals surface area (Å²) in [6.07, 6.45) is 11.9. The van der Waals surface area contributed by atoms with Crippen LogP contribution in [0.1, 0.15) is 156 Å². The van der Waals surface area contributed by atoms with Crippen LogP contribution >= 0.6 is 0 Å². The maximum Gasteiger partial charge on any atom is -0.00806 e. The van der Waals surface area contributed by atoms with Crippen molar-refractivity contribution in [3.05, 3.63) is 201 Å². The zero-order valence-corrected chi connectivity index (χ0v) is 40.8. The number of hydrogen-bond acceptors (Lipinski definition) is 0. The first-order chi connectivity index (χ1) is 29.6. The van der Waals surface area contributed by atoms with Crippen LogP contribution in [0.4, 0.5) is 0 Å². The maximum absolute atomic E-state index is 2.38. The Morgan fingerprint density at radius 1 is 0.403 bits per heavy atom. The van der Waals surface area contributed by atoms with Gasteiger partial charge in [-0.05, 0) is 111 Å². The van der Waals surface area contributed by atoms with Crippen LogP contribution in [-0.2, 0) is 23.7 Å². The summed E-state index contributed by atoms with van der Waals surface area (Å²) in [5, 5.41) is 5.33. The van der Waals surface area contributed by atoms with E-state index in [0.717, 1.165) is 12.8 Å². The highest BCUT2D eigenvalue weighted by Crippen LogP contribution is 2.38. The molecule has 7 aromatic rings. The van der Waals surface area contributed by atoms with Gasteiger partial charge in [0, 0.05) is 0 Å². The Morgan fingerprint density at radius 2 is 0.774 bits per heavy atom. The molecule has 0 saturated carbocycles. The number of aryl methyl sites for hydroxylation is 3. The van der Waals surface area contributed by atoms with E-state index in [0.29, 0.717) is 5.92 Å². The number of rotatable bonds is 9. The van der Waals surface area contributed by atoms with Crippen molar-refractivity contribution in [2.75, 3.05) is 0 Å². The molecule has 0 nitrogen and oxygen atoms in total. The van der Waals surface area contributed by atoms with Crippen LogP contribution in [0.2, 0.25) is 0 Å². The smallest absolute Gasteiger partial charge is 0.00806 e. The lowest BCUT2D eigenvalue weighted by molar-refractivity contribution is 0.589. The molecule has 0 N–H and O–H groups in total. The van der Waals surface area contributed by atoms with E-state index < -0.39 is 0 Å². The molecular formula is C62H78. The van der Waals surface area contributed by atoms with Crippen LogP contribution in [-0.4, -0.2) is 0 Å². The number of unbranched alkanes of at least 4 members (excludes halogenated alkanes) is 2. The Bertz CT molecular complexity index is 2300. The Morgan fingerprint density at radius 3 is 1.16 bits per heavy atom. The van der Waals surface area contributed by atoms with E-state index in [-0.39, 0.29) is 10.8 Å². The van der Waals surface area contributed by atoms with E-state index in [1.54, 1.807) is 0 Å². The Kier molecular flexibility index (Phi) is 19.0. The fourth-order valence-corrected chi connectivity index (χ4v) is 7.38. The predicted molar refractivity (Wildman–Crippen MR) is 279 cm³/mol. The first-order valence-corrected chi connectivity index (χ1v) is 23.5. The fourth-order valence-electron chi connectivity index (χ4n) is 7.38. The van der Waals surface area contributed by atoms with Gasteiger partial charge in [0.2, 0.25) is 0 Å². The van der Waals surface area contributed by atoms with Gasteiger partial charge in [0.15, 0.2) is 0 Å². The lowest BCUT2D eigenvalue weighted by Gasteiger charge is -2.24. The molecule has 0 fully saturated rings. The summed E-state index contributed by atoms with van der Waals surface area (Å²) in [5.74, 6) is 0.353. The summed E-state index contributed by atoms with van der Waals surface area (Å²) in [6.45, 7) is 28.8. The van der Waals surface area contributed by atoms with Gasteiger partial charge in [0.1, 0.15) is 0 Å². The van der Waals surface area contributed by atoms with Gasteiger partial charge in [0.25, 0.3) is 0 Å². The van der Waals surface area contributed by atoms with Crippen LogP contribution in [0.3, 0.4) is 0 Å². The third kappa shape index (κ3) is 14.7. The third-order valence-electron chi connectivity index (χ3n) is 11.8. The van der Waals surface area contributed by atoms with Gasteiger partial charge in [-0.25, -0.2) is 0 Å². The monoisotopic (exact) mass is 823 g/mol. The van der Waals surface area contributed by atoms with Gasteiger partial charge < -0.3 is 0 Å². The quantitative estimate of drug-likeness (QED) is 0.100. The lowest BCUT2D eigenvalue weighted by Crippen LogP contribution is -2.12. The zero-order chi connectivity index (χ0) is 45.3. The van der Waals surface area contributed by atoms with E-state index in [1.165, 1.54) is 103 Å². The summed E-state index contributed by atoms with van der Waals surface area (Å²) in [5.41, 5.74) is 13.7. The molecule has 0 heteroatoms. The first-order valence-electron chi connectivity index (χ1n) is 23.5. The van der Waals surface area contributed by atoms with Crippen molar-refractivity contribution >= 4 is 33.7 Å². The van der Waals surface area contributed by atoms with Crippen LogP contribution in [0.5, 0.6) is 0 Å². The van der Waals surface area contributed by atoms with Crippen molar-refractivity contribution in [3.63, 3.8) is 0 Å². The Hall–Kier alpha value is -5.20. The SMILES string of the molecule is CCCC.CCCC.Cc1ccc(C)cc1.Cc1ccc(CC(Cc2c3ccccc3c(/C=C\c3ccc(C(C)(C)C)cc3)c3ccccc23)c2ccc(C(C)(C)C)cc2)cc1. The largest absolute Gasteiger partial charge is 0.0654 e. The summed E-state index contributed by atoms with van der Waals surface area (Å²) < 4.78 is 0. The highest BCUT2D eigenvalue weighted by atomic mass is 14.2. The van der Waals surface area contributed by atoms with Crippen LogP contribution < -0.4 is 0 Å². The maximum atomic E-state index is 2.38. The average Bonchev–Trinajstić information content (AvgIpc) is 3.27. The van der Waals surface area contributed by atoms with E-state index in [1.807, 2.05) is 0 Å². The molecule has 1 atom stereocenters. The van der Waals surface area contributed by atoms with Crippen molar-refractivity contribution in [2.24, 2.45) is 0 Å². The average molecular weight is 823 g/mol. The van der Waals surface area contributed by atoms with E-state index >= 15 is 0 Å². The molecular weight excluding hydrogens is 745 g/mol. The molecule has 0 aliphatic carbocycles. The van der Waals surface area contributed by atoms with Crippen molar-refractivity contribution < 1.29 is 0 Å². The van der Waals surface area contributed by atoms with Crippen molar-refractivity contribution in [2.45, 2.75) is 145 Å². The van der Waals surface area contributed by atoms with E-state index in [4.69, 9.17) is 0 Å².